The molecule has 0 spiro atoms. The maximum atomic E-state index is 11.9. The van der Waals surface area contributed by atoms with E-state index in [1.165, 1.54) is 12.1 Å². The van der Waals surface area contributed by atoms with Gasteiger partial charge in [0.1, 0.15) is 0 Å². The molecule has 0 fully saturated rings. The van der Waals surface area contributed by atoms with Crippen LogP contribution in [0.5, 0.6) is 0 Å². The Morgan fingerprint density at radius 3 is 2.19 bits per heavy atom. The van der Waals surface area contributed by atoms with Crippen molar-refractivity contribution in [2.45, 2.75) is 17.7 Å². The molecule has 0 aliphatic heterocycles. The second-order valence-corrected chi connectivity index (χ2v) is 8.11. The van der Waals surface area contributed by atoms with Gasteiger partial charge >= 0.3 is 0 Å². The number of rotatable bonds is 10. The van der Waals surface area contributed by atoms with Crippen LogP contribution in [0.3, 0.4) is 0 Å². The topological polar surface area (TPSA) is 118 Å². The first-order chi connectivity index (χ1) is 9.87. The van der Waals surface area contributed by atoms with Gasteiger partial charge in [0.05, 0.1) is 10.6 Å². The van der Waals surface area contributed by atoms with Crippen molar-refractivity contribution in [3.8, 4) is 0 Å². The van der Waals surface area contributed by atoms with Gasteiger partial charge < -0.3 is 5.73 Å². The summed E-state index contributed by atoms with van der Waals surface area (Å²) < 4.78 is 51.7. The normalized spacial score (nSPS) is 12.4. The van der Waals surface area contributed by atoms with Crippen molar-refractivity contribution in [1.82, 2.24) is 9.44 Å². The fourth-order valence-electron chi connectivity index (χ4n) is 1.56. The Hall–Kier alpha value is -1.00. The lowest BCUT2D eigenvalue weighted by atomic mass is 10.3. The maximum Gasteiger partial charge on any atom is 0.240 e. The second kappa shape index (κ2) is 8.44. The summed E-state index contributed by atoms with van der Waals surface area (Å²) in [5.41, 5.74) is 5.31. The van der Waals surface area contributed by atoms with E-state index in [-0.39, 0.29) is 17.2 Å². The monoisotopic (exact) mass is 335 g/mol. The first-order valence-corrected chi connectivity index (χ1v) is 9.73. The zero-order chi connectivity index (χ0) is 15.8. The lowest BCUT2D eigenvalue weighted by molar-refractivity contribution is 0.572. The Kier molecular flexibility index (Phi) is 7.26. The SMILES string of the molecule is NCCCCNS(=O)(=O)CCNS(=O)(=O)c1ccccc1. The number of nitrogens with two attached hydrogens (primary N) is 1. The van der Waals surface area contributed by atoms with Gasteiger partial charge in [0.25, 0.3) is 0 Å². The molecule has 21 heavy (non-hydrogen) atoms. The van der Waals surface area contributed by atoms with E-state index in [1.807, 2.05) is 0 Å². The Morgan fingerprint density at radius 1 is 0.905 bits per heavy atom. The van der Waals surface area contributed by atoms with Gasteiger partial charge in [0.2, 0.25) is 20.0 Å². The Bertz CT molecular complexity index is 615. The van der Waals surface area contributed by atoms with Gasteiger partial charge in [-0.15, -0.1) is 0 Å². The molecule has 0 aromatic heterocycles. The van der Waals surface area contributed by atoms with E-state index in [0.717, 1.165) is 6.42 Å². The van der Waals surface area contributed by atoms with Crippen LogP contribution >= 0.6 is 0 Å². The second-order valence-electron chi connectivity index (χ2n) is 4.42. The largest absolute Gasteiger partial charge is 0.330 e. The standard InChI is InChI=1S/C12H21N3O4S2/c13-8-4-5-9-14-20(16,17)11-10-15-21(18,19)12-6-2-1-3-7-12/h1-3,6-7,14-15H,4-5,8-11,13H2. The smallest absolute Gasteiger partial charge is 0.240 e. The fraction of sp³-hybridized carbons (Fsp3) is 0.500. The predicted molar refractivity (Wildman–Crippen MR) is 81.7 cm³/mol. The minimum Gasteiger partial charge on any atom is -0.330 e. The predicted octanol–water partition coefficient (Wildman–Crippen LogP) is -0.377. The molecular weight excluding hydrogens is 314 g/mol. The van der Waals surface area contributed by atoms with E-state index in [0.29, 0.717) is 19.5 Å². The van der Waals surface area contributed by atoms with Crippen LogP contribution in [0.4, 0.5) is 0 Å². The van der Waals surface area contributed by atoms with Crippen molar-refractivity contribution in [3.05, 3.63) is 30.3 Å². The third-order valence-electron chi connectivity index (χ3n) is 2.67. The van der Waals surface area contributed by atoms with Crippen LogP contribution in [0, 0.1) is 0 Å². The van der Waals surface area contributed by atoms with Crippen molar-refractivity contribution < 1.29 is 16.8 Å². The molecule has 0 amide bonds. The number of benzene rings is 1. The summed E-state index contributed by atoms with van der Waals surface area (Å²) in [4.78, 5) is 0.110. The van der Waals surface area contributed by atoms with Gasteiger partial charge in [-0.2, -0.15) is 0 Å². The van der Waals surface area contributed by atoms with Crippen LogP contribution in [0.2, 0.25) is 0 Å². The third kappa shape index (κ3) is 7.00. The average molecular weight is 335 g/mol. The van der Waals surface area contributed by atoms with Gasteiger partial charge in [0.15, 0.2) is 0 Å². The van der Waals surface area contributed by atoms with Gasteiger partial charge in [0, 0.05) is 13.1 Å². The van der Waals surface area contributed by atoms with Crippen molar-refractivity contribution in [2.75, 3.05) is 25.4 Å². The summed E-state index contributed by atoms with van der Waals surface area (Å²) in [7, 11) is -7.15. The molecule has 0 radical (unpaired) electrons. The van der Waals surface area contributed by atoms with Crippen LogP contribution in [0.1, 0.15) is 12.8 Å². The van der Waals surface area contributed by atoms with E-state index in [4.69, 9.17) is 5.73 Å². The summed E-state index contributed by atoms with van der Waals surface area (Å²) in [6, 6.07) is 7.80. The van der Waals surface area contributed by atoms with E-state index < -0.39 is 20.0 Å². The van der Waals surface area contributed by atoms with Gasteiger partial charge in [-0.1, -0.05) is 18.2 Å². The van der Waals surface area contributed by atoms with E-state index in [1.54, 1.807) is 18.2 Å². The summed E-state index contributed by atoms with van der Waals surface area (Å²) in [6.07, 6.45) is 1.40. The zero-order valence-corrected chi connectivity index (χ0v) is 13.3. The molecule has 0 saturated carbocycles. The Labute approximate surface area is 126 Å². The van der Waals surface area contributed by atoms with Gasteiger partial charge in [-0.05, 0) is 31.5 Å². The van der Waals surface area contributed by atoms with E-state index >= 15 is 0 Å². The molecule has 0 aliphatic carbocycles. The summed E-state index contributed by atoms with van der Waals surface area (Å²) in [5, 5.41) is 0. The Balaban J connectivity index is 2.42. The quantitative estimate of drug-likeness (QED) is 0.504. The molecule has 0 atom stereocenters. The highest BCUT2D eigenvalue weighted by molar-refractivity contribution is 7.90. The number of sulfonamides is 2. The number of hydrogen-bond acceptors (Lipinski definition) is 5. The molecule has 0 unspecified atom stereocenters. The minimum atomic E-state index is -3.67. The molecule has 9 heteroatoms. The highest BCUT2D eigenvalue weighted by Crippen LogP contribution is 2.06. The maximum absolute atomic E-state index is 11.9. The number of unbranched alkanes of at least 4 members (excludes halogenated alkanes) is 1. The van der Waals surface area contributed by atoms with Crippen molar-refractivity contribution >= 4 is 20.0 Å². The molecule has 7 nitrogen and oxygen atoms in total. The highest BCUT2D eigenvalue weighted by atomic mass is 32.2. The van der Waals surface area contributed by atoms with E-state index in [2.05, 4.69) is 9.44 Å². The first kappa shape index (κ1) is 18.1. The summed E-state index contributed by atoms with van der Waals surface area (Å²) in [6.45, 7) is 0.646. The molecule has 0 aliphatic rings. The molecule has 1 rings (SSSR count). The zero-order valence-electron chi connectivity index (χ0n) is 11.7. The van der Waals surface area contributed by atoms with Crippen LogP contribution in [0.15, 0.2) is 35.2 Å². The highest BCUT2D eigenvalue weighted by Gasteiger charge is 2.15. The van der Waals surface area contributed by atoms with Crippen molar-refractivity contribution in [2.24, 2.45) is 5.73 Å². The van der Waals surface area contributed by atoms with Crippen molar-refractivity contribution in [1.29, 1.82) is 0 Å². The molecular formula is C12H21N3O4S2. The molecule has 4 N–H and O–H groups in total. The third-order valence-corrected chi connectivity index (χ3v) is 5.53. The van der Waals surface area contributed by atoms with Crippen LogP contribution < -0.4 is 15.2 Å². The molecule has 0 heterocycles. The van der Waals surface area contributed by atoms with Crippen LogP contribution in [0.25, 0.3) is 0 Å². The number of hydrogen-bond donors (Lipinski definition) is 3. The molecule has 1 aromatic rings. The lowest BCUT2D eigenvalue weighted by Gasteiger charge is -2.08. The summed E-state index contributed by atoms with van der Waals surface area (Å²) in [5.74, 6) is -0.304. The lowest BCUT2D eigenvalue weighted by Crippen LogP contribution is -2.34. The first-order valence-electron chi connectivity index (χ1n) is 6.59. The average Bonchev–Trinajstić information content (AvgIpc) is 2.44. The van der Waals surface area contributed by atoms with Gasteiger partial charge in [-0.25, -0.2) is 26.3 Å². The Morgan fingerprint density at radius 2 is 1.57 bits per heavy atom. The van der Waals surface area contributed by atoms with Gasteiger partial charge in [-0.3, -0.25) is 0 Å². The van der Waals surface area contributed by atoms with Crippen LogP contribution in [-0.4, -0.2) is 42.2 Å². The number of nitrogens with one attached hydrogen (secondary N) is 2. The van der Waals surface area contributed by atoms with Crippen molar-refractivity contribution in [3.63, 3.8) is 0 Å². The van der Waals surface area contributed by atoms with E-state index in [9.17, 15) is 16.8 Å². The molecule has 0 saturated heterocycles. The molecule has 1 aromatic carbocycles. The summed E-state index contributed by atoms with van der Waals surface area (Å²) >= 11 is 0. The molecule has 120 valence electrons. The molecule has 0 bridgehead atoms. The minimum absolute atomic E-state index is 0.110. The fourth-order valence-corrected chi connectivity index (χ4v) is 3.72. The van der Waals surface area contributed by atoms with Crippen LogP contribution in [-0.2, 0) is 20.0 Å².